The molecule has 0 N–H and O–H groups in total. The van der Waals surface area contributed by atoms with Gasteiger partial charge in [0, 0.05) is 25.3 Å². The van der Waals surface area contributed by atoms with E-state index in [1.165, 1.54) is 25.9 Å². The second-order valence-electron chi connectivity index (χ2n) is 8.87. The predicted octanol–water partition coefficient (Wildman–Crippen LogP) is 3.12. The van der Waals surface area contributed by atoms with E-state index in [0.717, 1.165) is 48.5 Å². The topological polar surface area (TPSA) is 67.0 Å². The maximum atomic E-state index is 8.99. The van der Waals surface area contributed by atoms with Gasteiger partial charge in [0.1, 0.15) is 5.69 Å². The van der Waals surface area contributed by atoms with Crippen molar-refractivity contribution < 1.29 is 4.74 Å². The zero-order valence-corrected chi connectivity index (χ0v) is 16.4. The molecule has 28 heavy (non-hydrogen) atoms. The lowest BCUT2D eigenvalue weighted by atomic mass is 9.77. The lowest BCUT2D eigenvalue weighted by Gasteiger charge is -2.37. The molecule has 6 heteroatoms. The van der Waals surface area contributed by atoms with Crippen molar-refractivity contribution in [1.82, 2.24) is 19.9 Å². The van der Waals surface area contributed by atoms with Crippen LogP contribution >= 0.6 is 0 Å². The molecule has 2 saturated carbocycles. The highest BCUT2D eigenvalue weighted by Gasteiger charge is 2.43. The highest BCUT2D eigenvalue weighted by Crippen LogP contribution is 2.43. The molecule has 4 atom stereocenters. The van der Waals surface area contributed by atoms with E-state index in [1.807, 2.05) is 28.9 Å². The van der Waals surface area contributed by atoms with Crippen LogP contribution in [0, 0.1) is 29.1 Å². The van der Waals surface area contributed by atoms with Crippen LogP contribution in [0.25, 0.3) is 11.3 Å². The molecule has 3 aliphatic rings. The summed E-state index contributed by atoms with van der Waals surface area (Å²) in [6.45, 7) is 3.26. The summed E-state index contributed by atoms with van der Waals surface area (Å²) in [5, 5.41) is 17.9. The zero-order valence-electron chi connectivity index (χ0n) is 16.4. The van der Waals surface area contributed by atoms with Gasteiger partial charge in [-0.05, 0) is 62.6 Å². The molecule has 146 valence electrons. The molecule has 0 spiro atoms. The van der Waals surface area contributed by atoms with Gasteiger partial charge in [0.2, 0.25) is 0 Å². The molecule has 1 aliphatic heterocycles. The Labute approximate surface area is 166 Å². The number of hydrogen-bond acceptors (Lipinski definition) is 5. The van der Waals surface area contributed by atoms with Crippen molar-refractivity contribution >= 4 is 0 Å². The first-order valence-corrected chi connectivity index (χ1v) is 10.4. The predicted molar refractivity (Wildman–Crippen MR) is 105 cm³/mol. The Hall–Kier alpha value is -2.23. The van der Waals surface area contributed by atoms with Gasteiger partial charge in [0.15, 0.2) is 0 Å². The molecule has 0 amide bonds. The van der Waals surface area contributed by atoms with Crippen molar-refractivity contribution in [3.05, 3.63) is 36.0 Å². The molecule has 2 heterocycles. The SMILES string of the molecule is CN1C[C@H]2C[C@@H](n3cc(-c4ccc(C#N)cc4)nn3)[C@H](OCC3CC3)C[C@H]2C1. The average molecular weight is 377 g/mol. The third-order valence-corrected chi connectivity index (χ3v) is 6.67. The normalized spacial score (nSPS) is 30.1. The number of nitrogens with zero attached hydrogens (tertiary/aromatic N) is 5. The summed E-state index contributed by atoms with van der Waals surface area (Å²) < 4.78 is 8.46. The fraction of sp³-hybridized carbons (Fsp3) is 0.591. The summed E-state index contributed by atoms with van der Waals surface area (Å²) in [6, 6.07) is 9.96. The van der Waals surface area contributed by atoms with Crippen LogP contribution in [0.15, 0.2) is 30.5 Å². The Kier molecular flexibility index (Phi) is 4.65. The fourth-order valence-electron chi connectivity index (χ4n) is 4.91. The van der Waals surface area contributed by atoms with Crippen LogP contribution in [0.3, 0.4) is 0 Å². The largest absolute Gasteiger partial charge is 0.376 e. The van der Waals surface area contributed by atoms with Gasteiger partial charge in [-0.1, -0.05) is 17.3 Å². The van der Waals surface area contributed by atoms with Crippen LogP contribution in [-0.2, 0) is 4.74 Å². The smallest absolute Gasteiger partial charge is 0.113 e. The monoisotopic (exact) mass is 377 g/mol. The maximum Gasteiger partial charge on any atom is 0.113 e. The molecule has 6 nitrogen and oxygen atoms in total. The van der Waals surface area contributed by atoms with E-state index in [2.05, 4.69) is 34.5 Å². The van der Waals surface area contributed by atoms with E-state index in [-0.39, 0.29) is 12.1 Å². The van der Waals surface area contributed by atoms with E-state index in [4.69, 9.17) is 10.00 Å². The lowest BCUT2D eigenvalue weighted by Crippen LogP contribution is -2.38. The summed E-state index contributed by atoms with van der Waals surface area (Å²) in [5.41, 5.74) is 2.51. The van der Waals surface area contributed by atoms with Crippen molar-refractivity contribution in [2.75, 3.05) is 26.7 Å². The third kappa shape index (κ3) is 3.57. The minimum Gasteiger partial charge on any atom is -0.376 e. The lowest BCUT2D eigenvalue weighted by molar-refractivity contribution is -0.0375. The van der Waals surface area contributed by atoms with Gasteiger partial charge in [-0.2, -0.15) is 5.26 Å². The summed E-state index contributed by atoms with van der Waals surface area (Å²) in [6.07, 6.45) is 7.15. The van der Waals surface area contributed by atoms with Gasteiger partial charge >= 0.3 is 0 Å². The van der Waals surface area contributed by atoms with E-state index in [1.54, 1.807) is 0 Å². The number of nitriles is 1. The molecule has 1 aromatic carbocycles. The van der Waals surface area contributed by atoms with E-state index in [0.29, 0.717) is 5.56 Å². The van der Waals surface area contributed by atoms with Gasteiger partial charge in [-0.25, -0.2) is 4.68 Å². The second-order valence-corrected chi connectivity index (χ2v) is 8.87. The van der Waals surface area contributed by atoms with Crippen LogP contribution < -0.4 is 0 Å². The Morgan fingerprint density at radius 2 is 1.89 bits per heavy atom. The molecule has 5 rings (SSSR count). The Morgan fingerprint density at radius 1 is 1.14 bits per heavy atom. The highest BCUT2D eigenvalue weighted by molar-refractivity contribution is 5.58. The fourth-order valence-corrected chi connectivity index (χ4v) is 4.91. The average Bonchev–Trinajstić information content (AvgIpc) is 3.28. The van der Waals surface area contributed by atoms with Crippen LogP contribution in [0.5, 0.6) is 0 Å². The first kappa shape index (κ1) is 17.8. The molecule has 2 aromatic rings. The number of hydrogen-bond donors (Lipinski definition) is 0. The molecule has 3 fully saturated rings. The van der Waals surface area contributed by atoms with Crippen LogP contribution in [0.2, 0.25) is 0 Å². The van der Waals surface area contributed by atoms with Gasteiger partial charge in [0.25, 0.3) is 0 Å². The van der Waals surface area contributed by atoms with Crippen LogP contribution in [0.4, 0.5) is 0 Å². The Bertz CT molecular complexity index is 866. The molecular weight excluding hydrogens is 350 g/mol. The Balaban J connectivity index is 1.37. The summed E-state index contributed by atoms with van der Waals surface area (Å²) >= 11 is 0. The minimum atomic E-state index is 0.226. The van der Waals surface area contributed by atoms with Crippen LogP contribution in [-0.4, -0.2) is 52.7 Å². The van der Waals surface area contributed by atoms with Gasteiger partial charge in [-0.15, -0.1) is 5.10 Å². The second kappa shape index (κ2) is 7.31. The molecular formula is C22H27N5O. The summed E-state index contributed by atoms with van der Waals surface area (Å²) in [5.74, 6) is 2.24. The number of likely N-dealkylation sites (tertiary alicyclic amines) is 1. The van der Waals surface area contributed by atoms with Crippen molar-refractivity contribution in [1.29, 1.82) is 5.26 Å². The highest BCUT2D eigenvalue weighted by atomic mass is 16.5. The molecule has 1 saturated heterocycles. The van der Waals surface area contributed by atoms with Gasteiger partial charge in [-0.3, -0.25) is 0 Å². The number of rotatable bonds is 5. The van der Waals surface area contributed by atoms with Crippen molar-refractivity contribution in [2.45, 2.75) is 37.8 Å². The van der Waals surface area contributed by atoms with E-state index < -0.39 is 0 Å². The maximum absolute atomic E-state index is 8.99. The molecule has 0 bridgehead atoms. The number of ether oxygens (including phenoxy) is 1. The van der Waals surface area contributed by atoms with E-state index in [9.17, 15) is 0 Å². The quantitative estimate of drug-likeness (QED) is 0.801. The third-order valence-electron chi connectivity index (χ3n) is 6.67. The minimum absolute atomic E-state index is 0.226. The van der Waals surface area contributed by atoms with E-state index >= 15 is 0 Å². The summed E-state index contributed by atoms with van der Waals surface area (Å²) in [4.78, 5) is 2.46. The standard InChI is InChI=1S/C22H27N5O/c1-26-11-18-8-21(22(9-19(18)12-26)28-14-16-2-3-16)27-13-20(24-25-27)17-6-4-15(10-23)5-7-17/h4-7,13,16,18-19,21-22H,2-3,8-9,11-12,14H2,1H3/t18-,19+,21-,22-/m1/s1. The van der Waals surface area contributed by atoms with Gasteiger partial charge in [0.05, 0.1) is 30.0 Å². The molecule has 2 aliphatic carbocycles. The van der Waals surface area contributed by atoms with Crippen LogP contribution in [0.1, 0.15) is 37.3 Å². The van der Waals surface area contributed by atoms with Crippen molar-refractivity contribution in [3.8, 4) is 17.3 Å². The molecule has 0 unspecified atom stereocenters. The number of fused-ring (bicyclic) bond motifs is 1. The number of aromatic nitrogens is 3. The van der Waals surface area contributed by atoms with Crippen molar-refractivity contribution in [2.24, 2.45) is 17.8 Å². The molecule has 0 radical (unpaired) electrons. The summed E-state index contributed by atoms with van der Waals surface area (Å²) in [7, 11) is 2.23. The Morgan fingerprint density at radius 3 is 2.61 bits per heavy atom. The first-order chi connectivity index (χ1) is 13.7. The number of benzene rings is 1. The molecule has 1 aromatic heterocycles. The van der Waals surface area contributed by atoms with Crippen molar-refractivity contribution in [3.63, 3.8) is 0 Å². The first-order valence-electron chi connectivity index (χ1n) is 10.4. The van der Waals surface area contributed by atoms with Gasteiger partial charge < -0.3 is 9.64 Å². The zero-order chi connectivity index (χ0) is 19.1.